The van der Waals surface area contributed by atoms with E-state index in [1.807, 2.05) is 0 Å². The summed E-state index contributed by atoms with van der Waals surface area (Å²) in [5.41, 5.74) is 8.43. The van der Waals surface area contributed by atoms with Crippen molar-refractivity contribution < 1.29 is 12.9 Å². The van der Waals surface area contributed by atoms with Gasteiger partial charge in [-0.05, 0) is 31.5 Å². The number of benzene rings is 1. The van der Waals surface area contributed by atoms with Gasteiger partial charge in [0.1, 0.15) is 5.76 Å². The van der Waals surface area contributed by atoms with Gasteiger partial charge in [-0.25, -0.2) is 12.7 Å². The normalized spacial score (nSPS) is 12.0. The molecule has 1 aromatic carbocycles. The number of hydrogen-bond acceptors (Lipinski definition) is 5. The van der Waals surface area contributed by atoms with E-state index in [0.717, 1.165) is 5.56 Å². The fraction of sp³-hybridized carbons (Fsp3) is 0.357. The van der Waals surface area contributed by atoms with E-state index in [-0.39, 0.29) is 12.3 Å². The summed E-state index contributed by atoms with van der Waals surface area (Å²) < 4.78 is 31.1. The third-order valence-corrected chi connectivity index (χ3v) is 5.14. The maximum atomic E-state index is 12.4. The van der Waals surface area contributed by atoms with E-state index < -0.39 is 10.0 Å². The Morgan fingerprint density at radius 2 is 1.86 bits per heavy atom. The maximum absolute atomic E-state index is 12.4. The van der Waals surface area contributed by atoms with Crippen LogP contribution in [0.15, 0.2) is 28.8 Å². The van der Waals surface area contributed by atoms with Crippen molar-refractivity contribution in [3.8, 4) is 0 Å². The summed E-state index contributed by atoms with van der Waals surface area (Å²) in [4.78, 5) is 0. The molecule has 6 nitrogen and oxygen atoms in total. The molecule has 1 aromatic heterocycles. The molecule has 0 aliphatic heterocycles. The Hall–Kier alpha value is -1.86. The van der Waals surface area contributed by atoms with Crippen LogP contribution in [0.5, 0.6) is 0 Å². The van der Waals surface area contributed by atoms with Crippen LogP contribution in [0, 0.1) is 13.8 Å². The van der Waals surface area contributed by atoms with Crippen LogP contribution in [-0.4, -0.2) is 24.9 Å². The standard InChI is InChI=1S/C14H19N3O3S/c1-10-14(11(2)20-16-10)8-17(3)21(18,19)9-12-4-6-13(15)7-5-12/h4-7H,8-9,15H2,1-3H3. The predicted octanol–water partition coefficient (Wildman–Crippen LogP) is 1.84. The molecule has 114 valence electrons. The smallest absolute Gasteiger partial charge is 0.218 e. The zero-order valence-corrected chi connectivity index (χ0v) is 13.1. The van der Waals surface area contributed by atoms with Crippen molar-refractivity contribution in [3.63, 3.8) is 0 Å². The van der Waals surface area contributed by atoms with Crippen LogP contribution in [0.3, 0.4) is 0 Å². The minimum Gasteiger partial charge on any atom is -0.399 e. The molecule has 21 heavy (non-hydrogen) atoms. The lowest BCUT2D eigenvalue weighted by atomic mass is 10.2. The molecular weight excluding hydrogens is 290 g/mol. The zero-order valence-electron chi connectivity index (χ0n) is 12.3. The SMILES string of the molecule is Cc1noc(C)c1CN(C)S(=O)(=O)Cc1ccc(N)cc1. The lowest BCUT2D eigenvalue weighted by molar-refractivity contribution is 0.390. The largest absolute Gasteiger partial charge is 0.399 e. The molecule has 7 heteroatoms. The van der Waals surface area contributed by atoms with Crippen molar-refractivity contribution in [2.45, 2.75) is 26.1 Å². The monoisotopic (exact) mass is 309 g/mol. The topological polar surface area (TPSA) is 89.4 Å². The number of rotatable bonds is 5. The summed E-state index contributed by atoms with van der Waals surface area (Å²) in [6.45, 7) is 3.82. The molecule has 0 fully saturated rings. The van der Waals surface area contributed by atoms with E-state index in [4.69, 9.17) is 10.3 Å². The maximum Gasteiger partial charge on any atom is 0.218 e. The van der Waals surface area contributed by atoms with Crippen molar-refractivity contribution in [2.24, 2.45) is 0 Å². The minimum absolute atomic E-state index is 0.0623. The Morgan fingerprint density at radius 1 is 1.24 bits per heavy atom. The average Bonchev–Trinajstić information content (AvgIpc) is 2.73. The highest BCUT2D eigenvalue weighted by Gasteiger charge is 2.21. The number of hydrogen-bond donors (Lipinski definition) is 1. The fourth-order valence-corrected chi connectivity index (χ4v) is 3.14. The van der Waals surface area contributed by atoms with Crippen molar-refractivity contribution in [1.29, 1.82) is 0 Å². The second-order valence-corrected chi connectivity index (χ2v) is 7.13. The van der Waals surface area contributed by atoms with Crippen LogP contribution in [-0.2, 0) is 22.3 Å². The molecule has 0 saturated carbocycles. The van der Waals surface area contributed by atoms with Crippen molar-refractivity contribution >= 4 is 15.7 Å². The summed E-state index contributed by atoms with van der Waals surface area (Å²) >= 11 is 0. The molecule has 0 atom stereocenters. The molecule has 0 amide bonds. The summed E-state index contributed by atoms with van der Waals surface area (Å²) in [6, 6.07) is 6.82. The van der Waals surface area contributed by atoms with Crippen LogP contribution >= 0.6 is 0 Å². The number of nitrogens with two attached hydrogens (primary N) is 1. The van der Waals surface area contributed by atoms with Gasteiger partial charge in [0, 0.05) is 24.8 Å². The second kappa shape index (κ2) is 5.87. The molecule has 0 spiro atoms. The van der Waals surface area contributed by atoms with Gasteiger partial charge in [0.05, 0.1) is 11.4 Å². The van der Waals surface area contributed by atoms with Crippen LogP contribution in [0.25, 0.3) is 0 Å². The van der Waals surface area contributed by atoms with Gasteiger partial charge in [0.15, 0.2) is 0 Å². The molecule has 0 saturated heterocycles. The minimum atomic E-state index is -3.41. The van der Waals surface area contributed by atoms with Crippen LogP contribution in [0.4, 0.5) is 5.69 Å². The van der Waals surface area contributed by atoms with E-state index in [0.29, 0.717) is 22.7 Å². The number of nitrogens with zero attached hydrogens (tertiary/aromatic N) is 2. The molecule has 2 rings (SSSR count). The first-order chi connectivity index (χ1) is 9.79. The quantitative estimate of drug-likeness (QED) is 0.851. The lowest BCUT2D eigenvalue weighted by Crippen LogP contribution is -2.28. The number of sulfonamides is 1. The van der Waals surface area contributed by atoms with Gasteiger partial charge in [0.2, 0.25) is 10.0 Å². The van der Waals surface area contributed by atoms with E-state index in [1.54, 1.807) is 45.2 Å². The lowest BCUT2D eigenvalue weighted by Gasteiger charge is -2.17. The van der Waals surface area contributed by atoms with Crippen molar-refractivity contribution in [2.75, 3.05) is 12.8 Å². The summed E-state index contributed by atoms with van der Waals surface area (Å²) in [5.74, 6) is 0.578. The van der Waals surface area contributed by atoms with E-state index >= 15 is 0 Å². The van der Waals surface area contributed by atoms with Crippen LogP contribution in [0.1, 0.15) is 22.6 Å². The Bertz CT molecular complexity index is 701. The molecule has 0 radical (unpaired) electrons. The Kier molecular flexibility index (Phi) is 4.34. The van der Waals surface area contributed by atoms with Crippen LogP contribution in [0.2, 0.25) is 0 Å². The first-order valence-corrected chi connectivity index (χ1v) is 8.10. The van der Waals surface area contributed by atoms with Gasteiger partial charge < -0.3 is 10.3 Å². The van der Waals surface area contributed by atoms with Crippen LogP contribution < -0.4 is 5.73 Å². The number of anilines is 1. The first-order valence-electron chi connectivity index (χ1n) is 6.50. The number of nitrogen functional groups attached to an aromatic ring is 1. The Balaban J connectivity index is 2.13. The molecular formula is C14H19N3O3S. The first kappa shape index (κ1) is 15.5. The summed E-state index contributed by atoms with van der Waals surface area (Å²) in [6.07, 6.45) is 0. The molecule has 2 N–H and O–H groups in total. The predicted molar refractivity (Wildman–Crippen MR) is 80.9 cm³/mol. The Morgan fingerprint density at radius 3 is 2.38 bits per heavy atom. The number of aromatic nitrogens is 1. The average molecular weight is 309 g/mol. The number of aryl methyl sites for hydroxylation is 2. The summed E-state index contributed by atoms with van der Waals surface area (Å²) in [7, 11) is -1.86. The highest BCUT2D eigenvalue weighted by atomic mass is 32.2. The molecule has 0 unspecified atom stereocenters. The molecule has 0 bridgehead atoms. The van der Waals surface area contributed by atoms with Gasteiger partial charge in [-0.2, -0.15) is 0 Å². The molecule has 0 aliphatic carbocycles. The Labute approximate surface area is 124 Å². The highest BCUT2D eigenvalue weighted by Crippen LogP contribution is 2.18. The second-order valence-electron chi connectivity index (χ2n) is 5.06. The zero-order chi connectivity index (χ0) is 15.6. The van der Waals surface area contributed by atoms with Gasteiger partial charge in [-0.3, -0.25) is 0 Å². The van der Waals surface area contributed by atoms with Gasteiger partial charge in [-0.1, -0.05) is 17.3 Å². The van der Waals surface area contributed by atoms with E-state index in [2.05, 4.69) is 5.16 Å². The third kappa shape index (κ3) is 3.62. The highest BCUT2D eigenvalue weighted by molar-refractivity contribution is 7.88. The molecule has 2 aromatic rings. The van der Waals surface area contributed by atoms with Gasteiger partial charge in [0.25, 0.3) is 0 Å². The van der Waals surface area contributed by atoms with Gasteiger partial charge >= 0.3 is 0 Å². The van der Waals surface area contributed by atoms with Crippen molar-refractivity contribution in [1.82, 2.24) is 9.46 Å². The van der Waals surface area contributed by atoms with E-state index in [9.17, 15) is 8.42 Å². The van der Waals surface area contributed by atoms with E-state index in [1.165, 1.54) is 4.31 Å². The molecule has 0 aliphatic rings. The van der Waals surface area contributed by atoms with Crippen molar-refractivity contribution in [3.05, 3.63) is 46.8 Å². The van der Waals surface area contributed by atoms with Gasteiger partial charge in [-0.15, -0.1) is 0 Å². The summed E-state index contributed by atoms with van der Waals surface area (Å²) in [5, 5.41) is 3.83. The fourth-order valence-electron chi connectivity index (χ4n) is 1.98. The molecule has 1 heterocycles. The third-order valence-electron chi connectivity index (χ3n) is 3.37.